The molecule has 9 heteroatoms. The lowest BCUT2D eigenvalue weighted by Crippen LogP contribution is -2.29. The maximum absolute atomic E-state index is 13.7. The Morgan fingerprint density at radius 1 is 1.00 bits per heavy atom. The fraction of sp³-hybridized carbons (Fsp3) is 0.138. The first-order valence-electron chi connectivity index (χ1n) is 11.8. The minimum atomic E-state index is -0.825. The van der Waals surface area contributed by atoms with Crippen LogP contribution in [0.5, 0.6) is 11.5 Å². The van der Waals surface area contributed by atoms with Gasteiger partial charge in [-0.2, -0.15) is 0 Å². The number of nitrogens with zero attached hydrogens (tertiary/aromatic N) is 2. The molecular formula is C29H21ClN2O6. The molecule has 0 spiro atoms. The Bertz CT molecular complexity index is 1760. The first-order valence-corrected chi connectivity index (χ1v) is 12.2. The van der Waals surface area contributed by atoms with Crippen LogP contribution >= 0.6 is 11.6 Å². The van der Waals surface area contributed by atoms with E-state index in [1.807, 2.05) is 18.2 Å². The summed E-state index contributed by atoms with van der Waals surface area (Å²) in [4.78, 5) is 28.7. The van der Waals surface area contributed by atoms with Crippen molar-refractivity contribution in [2.24, 2.45) is 0 Å². The SMILES string of the molecule is COc1cc([C@@H]2c3c(oc4ccccc4c3=O)C(=O)N2c2cc(C)on2)ccc1OCc1ccccc1Cl. The summed E-state index contributed by atoms with van der Waals surface area (Å²) in [5.41, 5.74) is 1.71. The number of hydrogen-bond acceptors (Lipinski definition) is 7. The van der Waals surface area contributed by atoms with E-state index in [0.29, 0.717) is 38.8 Å². The van der Waals surface area contributed by atoms with Crippen molar-refractivity contribution in [1.82, 2.24) is 5.16 Å². The van der Waals surface area contributed by atoms with E-state index in [2.05, 4.69) is 5.16 Å². The lowest BCUT2D eigenvalue weighted by Gasteiger charge is -2.23. The normalized spacial score (nSPS) is 14.7. The summed E-state index contributed by atoms with van der Waals surface area (Å²) in [7, 11) is 1.52. The van der Waals surface area contributed by atoms with Gasteiger partial charge in [0.25, 0.3) is 5.91 Å². The molecule has 1 aliphatic heterocycles. The summed E-state index contributed by atoms with van der Waals surface area (Å²) in [6.45, 7) is 1.96. The average Bonchev–Trinajstić information content (AvgIpc) is 3.49. The molecule has 0 saturated heterocycles. The van der Waals surface area contributed by atoms with E-state index in [1.54, 1.807) is 61.5 Å². The number of aryl methyl sites for hydroxylation is 1. The fourth-order valence-electron chi connectivity index (χ4n) is 4.68. The molecule has 8 nitrogen and oxygen atoms in total. The lowest BCUT2D eigenvalue weighted by atomic mass is 9.98. The smallest absolute Gasteiger partial charge is 0.296 e. The summed E-state index contributed by atoms with van der Waals surface area (Å²) in [6, 6.07) is 20.3. The summed E-state index contributed by atoms with van der Waals surface area (Å²) in [5, 5.41) is 5.04. The van der Waals surface area contributed by atoms with E-state index in [0.717, 1.165) is 5.56 Å². The van der Waals surface area contributed by atoms with Gasteiger partial charge in [0, 0.05) is 16.7 Å². The Balaban J connectivity index is 1.47. The van der Waals surface area contributed by atoms with Gasteiger partial charge in [-0.1, -0.05) is 53.2 Å². The van der Waals surface area contributed by atoms with E-state index in [1.165, 1.54) is 12.0 Å². The molecule has 190 valence electrons. The highest BCUT2D eigenvalue weighted by molar-refractivity contribution is 6.31. The average molecular weight is 529 g/mol. The number of para-hydroxylation sites is 1. The molecule has 0 bridgehead atoms. The Hall–Kier alpha value is -4.56. The number of ether oxygens (including phenoxy) is 2. The molecule has 38 heavy (non-hydrogen) atoms. The van der Waals surface area contributed by atoms with Gasteiger partial charge in [0.2, 0.25) is 5.76 Å². The summed E-state index contributed by atoms with van der Waals surface area (Å²) >= 11 is 6.27. The quantitative estimate of drug-likeness (QED) is 0.263. The number of aromatic nitrogens is 1. The van der Waals surface area contributed by atoms with Gasteiger partial charge >= 0.3 is 0 Å². The molecule has 5 aromatic rings. The number of methoxy groups -OCH3 is 1. The largest absolute Gasteiger partial charge is 0.493 e. The predicted octanol–water partition coefficient (Wildman–Crippen LogP) is 6.08. The number of rotatable bonds is 6. The topological polar surface area (TPSA) is 95.0 Å². The summed E-state index contributed by atoms with van der Waals surface area (Å²) < 4.78 is 22.9. The molecule has 3 heterocycles. The van der Waals surface area contributed by atoms with Crippen LogP contribution in [-0.4, -0.2) is 18.2 Å². The number of fused-ring (bicyclic) bond motifs is 2. The van der Waals surface area contributed by atoms with Gasteiger partial charge in [-0.25, -0.2) is 0 Å². The van der Waals surface area contributed by atoms with Crippen LogP contribution in [0.25, 0.3) is 11.0 Å². The van der Waals surface area contributed by atoms with Crippen molar-refractivity contribution in [2.75, 3.05) is 12.0 Å². The van der Waals surface area contributed by atoms with Crippen LogP contribution in [0, 0.1) is 6.92 Å². The molecular weight excluding hydrogens is 508 g/mol. The second-order valence-corrected chi connectivity index (χ2v) is 9.24. The lowest BCUT2D eigenvalue weighted by molar-refractivity contribution is 0.0969. The van der Waals surface area contributed by atoms with Crippen LogP contribution in [0.4, 0.5) is 5.82 Å². The first kappa shape index (κ1) is 23.8. The third-order valence-electron chi connectivity index (χ3n) is 6.48. The van der Waals surface area contributed by atoms with E-state index >= 15 is 0 Å². The Labute approximate surface area is 221 Å². The maximum Gasteiger partial charge on any atom is 0.296 e. The number of carbonyl (C=O) groups is 1. The predicted molar refractivity (Wildman–Crippen MR) is 141 cm³/mol. The van der Waals surface area contributed by atoms with Crippen molar-refractivity contribution in [1.29, 1.82) is 0 Å². The summed E-state index contributed by atoms with van der Waals surface area (Å²) in [6.07, 6.45) is 0. The highest BCUT2D eigenvalue weighted by Crippen LogP contribution is 2.43. The van der Waals surface area contributed by atoms with Crippen molar-refractivity contribution in [3.63, 3.8) is 0 Å². The van der Waals surface area contributed by atoms with E-state index < -0.39 is 11.9 Å². The molecule has 0 fully saturated rings. The van der Waals surface area contributed by atoms with E-state index in [4.69, 9.17) is 30.0 Å². The maximum atomic E-state index is 13.7. The molecule has 0 N–H and O–H groups in total. The van der Waals surface area contributed by atoms with Crippen LogP contribution < -0.4 is 19.8 Å². The van der Waals surface area contributed by atoms with Gasteiger partial charge in [-0.05, 0) is 42.8 Å². The van der Waals surface area contributed by atoms with Gasteiger partial charge in [0.1, 0.15) is 18.0 Å². The number of amides is 1. The fourth-order valence-corrected chi connectivity index (χ4v) is 4.87. The molecule has 1 atom stereocenters. The van der Waals surface area contributed by atoms with Crippen molar-refractivity contribution in [3.05, 3.63) is 116 Å². The van der Waals surface area contributed by atoms with Crippen molar-refractivity contribution in [3.8, 4) is 11.5 Å². The van der Waals surface area contributed by atoms with Crippen LogP contribution in [-0.2, 0) is 6.61 Å². The van der Waals surface area contributed by atoms with Gasteiger partial charge in [0.15, 0.2) is 22.7 Å². The number of hydrogen-bond donors (Lipinski definition) is 0. The minimum absolute atomic E-state index is 0.0302. The van der Waals surface area contributed by atoms with Crippen LogP contribution in [0.15, 0.2) is 86.5 Å². The van der Waals surface area contributed by atoms with Crippen molar-refractivity contribution < 1.29 is 23.2 Å². The number of benzene rings is 3. The second-order valence-electron chi connectivity index (χ2n) is 8.83. The molecule has 0 saturated carbocycles. The highest BCUT2D eigenvalue weighted by Gasteiger charge is 2.45. The molecule has 0 radical (unpaired) electrons. The molecule has 2 aromatic heterocycles. The Kier molecular flexibility index (Phi) is 5.88. The van der Waals surface area contributed by atoms with E-state index in [9.17, 15) is 9.59 Å². The number of anilines is 1. The second kappa shape index (κ2) is 9.39. The van der Waals surface area contributed by atoms with Crippen LogP contribution in [0.3, 0.4) is 0 Å². The molecule has 6 rings (SSSR count). The zero-order valence-electron chi connectivity index (χ0n) is 20.4. The Morgan fingerprint density at radius 2 is 1.79 bits per heavy atom. The zero-order valence-corrected chi connectivity index (χ0v) is 21.2. The molecule has 0 unspecified atom stereocenters. The minimum Gasteiger partial charge on any atom is -0.493 e. The first-order chi connectivity index (χ1) is 18.5. The molecule has 0 aliphatic carbocycles. The van der Waals surface area contributed by atoms with Gasteiger partial charge in [-0.3, -0.25) is 14.5 Å². The molecule has 1 aliphatic rings. The Morgan fingerprint density at radius 3 is 2.55 bits per heavy atom. The number of carbonyl (C=O) groups excluding carboxylic acids is 1. The van der Waals surface area contributed by atoms with Crippen LogP contribution in [0.2, 0.25) is 5.02 Å². The van der Waals surface area contributed by atoms with Gasteiger partial charge in [0.05, 0.1) is 24.1 Å². The number of halogens is 1. The molecule has 1 amide bonds. The third-order valence-corrected chi connectivity index (χ3v) is 6.85. The standard InChI is InChI=1S/C29H21ClN2O6/c1-16-13-24(31-38-16)32-26(25-27(33)19-8-4-6-10-21(19)37-28(25)29(32)34)17-11-12-22(23(14-17)35-2)36-15-18-7-3-5-9-20(18)30/h3-14,26H,15H2,1-2H3/t26-/m1/s1. The summed E-state index contributed by atoms with van der Waals surface area (Å²) in [5.74, 6) is 1.18. The highest BCUT2D eigenvalue weighted by atomic mass is 35.5. The monoisotopic (exact) mass is 528 g/mol. The van der Waals surface area contributed by atoms with E-state index in [-0.39, 0.29) is 29.2 Å². The van der Waals surface area contributed by atoms with Crippen molar-refractivity contribution >= 4 is 34.3 Å². The van der Waals surface area contributed by atoms with Crippen molar-refractivity contribution in [2.45, 2.75) is 19.6 Å². The zero-order chi connectivity index (χ0) is 26.4. The van der Waals surface area contributed by atoms with Crippen LogP contribution in [0.1, 0.15) is 39.0 Å². The molecule has 3 aromatic carbocycles. The van der Waals surface area contributed by atoms with Gasteiger partial charge in [-0.15, -0.1) is 0 Å². The van der Waals surface area contributed by atoms with Gasteiger partial charge < -0.3 is 18.4 Å². The third kappa shape index (κ3) is 3.90.